The van der Waals surface area contributed by atoms with Crippen molar-refractivity contribution in [2.24, 2.45) is 0 Å². The average molecular weight is 355 g/mol. The van der Waals surface area contributed by atoms with Gasteiger partial charge in [0.25, 0.3) is 0 Å². The van der Waals surface area contributed by atoms with Crippen molar-refractivity contribution in [3.63, 3.8) is 0 Å². The van der Waals surface area contributed by atoms with E-state index in [2.05, 4.69) is 4.98 Å². The number of fused-ring (bicyclic) bond motifs is 1. The Labute approximate surface area is 157 Å². The number of aryl methyl sites for hydroxylation is 1. The molecule has 4 rings (SSSR count). The molecule has 4 aromatic rings. The molecule has 1 heterocycles. The molecule has 3 heteroatoms. The molecule has 0 fully saturated rings. The molecule has 0 saturated heterocycles. The van der Waals surface area contributed by atoms with Crippen LogP contribution >= 0.6 is 0 Å². The van der Waals surface area contributed by atoms with Crippen molar-refractivity contribution in [1.82, 2.24) is 4.98 Å². The van der Waals surface area contributed by atoms with Crippen LogP contribution in [-0.2, 0) is 0 Å². The highest BCUT2D eigenvalue weighted by Crippen LogP contribution is 2.31. The lowest BCUT2D eigenvalue weighted by Gasteiger charge is -2.03. The van der Waals surface area contributed by atoms with Crippen molar-refractivity contribution in [3.05, 3.63) is 101 Å². The van der Waals surface area contributed by atoms with Gasteiger partial charge in [-0.1, -0.05) is 48.5 Å². The highest BCUT2D eigenvalue weighted by atomic mass is 19.1. The third-order valence-corrected chi connectivity index (χ3v) is 4.66. The summed E-state index contributed by atoms with van der Waals surface area (Å²) in [6.07, 6.45) is 3.40. The molecule has 132 valence electrons. The predicted molar refractivity (Wildman–Crippen MR) is 108 cm³/mol. The van der Waals surface area contributed by atoms with Crippen LogP contribution in [0.1, 0.15) is 21.5 Å². The minimum Gasteiger partial charge on any atom is -0.354 e. The van der Waals surface area contributed by atoms with Gasteiger partial charge in [-0.05, 0) is 54.5 Å². The highest BCUT2D eigenvalue weighted by molar-refractivity contribution is 6.09. The van der Waals surface area contributed by atoms with E-state index < -0.39 is 0 Å². The monoisotopic (exact) mass is 355 g/mol. The van der Waals surface area contributed by atoms with Crippen LogP contribution in [0.3, 0.4) is 0 Å². The summed E-state index contributed by atoms with van der Waals surface area (Å²) >= 11 is 0. The maximum Gasteiger partial charge on any atom is 0.186 e. The van der Waals surface area contributed by atoms with Crippen molar-refractivity contribution in [3.8, 4) is 11.3 Å². The molecular formula is C24H18FNO. The van der Waals surface area contributed by atoms with Crippen LogP contribution in [0.4, 0.5) is 4.39 Å². The fourth-order valence-electron chi connectivity index (χ4n) is 3.32. The van der Waals surface area contributed by atoms with Crippen molar-refractivity contribution < 1.29 is 9.18 Å². The topological polar surface area (TPSA) is 32.9 Å². The number of ketones is 1. The minimum atomic E-state index is -0.337. The minimum absolute atomic E-state index is 0.142. The second-order valence-electron chi connectivity index (χ2n) is 6.48. The summed E-state index contributed by atoms with van der Waals surface area (Å²) in [5, 5.41) is 1.05. The van der Waals surface area contributed by atoms with Gasteiger partial charge in [0, 0.05) is 22.0 Å². The molecule has 1 aromatic heterocycles. The number of hydrogen-bond donors (Lipinski definition) is 1. The molecule has 0 atom stereocenters. The molecule has 0 unspecified atom stereocenters. The van der Waals surface area contributed by atoms with Crippen molar-refractivity contribution in [2.75, 3.05) is 0 Å². The summed E-state index contributed by atoms with van der Waals surface area (Å²) in [6.45, 7) is 1.74. The fraction of sp³-hybridized carbons (Fsp3) is 0.0417. The zero-order chi connectivity index (χ0) is 18.8. The van der Waals surface area contributed by atoms with E-state index in [4.69, 9.17) is 0 Å². The Kier molecular flexibility index (Phi) is 4.43. The third-order valence-electron chi connectivity index (χ3n) is 4.66. The molecule has 2 nitrogen and oxygen atoms in total. The number of benzene rings is 3. The van der Waals surface area contributed by atoms with Crippen LogP contribution in [0.2, 0.25) is 0 Å². The van der Waals surface area contributed by atoms with Gasteiger partial charge in [0.2, 0.25) is 0 Å². The van der Waals surface area contributed by atoms with Gasteiger partial charge in [-0.3, -0.25) is 4.79 Å². The molecule has 0 aliphatic heterocycles. The molecule has 27 heavy (non-hydrogen) atoms. The maximum absolute atomic E-state index is 13.3. The second-order valence-corrected chi connectivity index (χ2v) is 6.48. The van der Waals surface area contributed by atoms with Gasteiger partial charge in [-0.15, -0.1) is 0 Å². The van der Waals surface area contributed by atoms with E-state index in [1.54, 1.807) is 13.0 Å². The van der Waals surface area contributed by atoms with E-state index in [1.165, 1.54) is 18.2 Å². The number of hydrogen-bond acceptors (Lipinski definition) is 1. The van der Waals surface area contributed by atoms with Gasteiger partial charge in [-0.2, -0.15) is 0 Å². The van der Waals surface area contributed by atoms with Crippen molar-refractivity contribution >= 4 is 22.8 Å². The summed E-state index contributed by atoms with van der Waals surface area (Å²) in [5.74, 6) is -0.479. The average Bonchev–Trinajstić information content (AvgIpc) is 3.05. The van der Waals surface area contributed by atoms with Gasteiger partial charge >= 0.3 is 0 Å². The molecule has 0 aliphatic rings. The first-order valence-electron chi connectivity index (χ1n) is 8.78. The molecule has 0 radical (unpaired) electrons. The number of nitrogens with one attached hydrogen (secondary N) is 1. The number of allylic oxidation sites excluding steroid dienone is 1. The maximum atomic E-state index is 13.3. The Balaban J connectivity index is 1.79. The van der Waals surface area contributed by atoms with Crippen LogP contribution in [0.25, 0.3) is 28.2 Å². The Hall–Kier alpha value is -3.46. The molecule has 3 aromatic carbocycles. The zero-order valence-electron chi connectivity index (χ0n) is 14.9. The Bertz CT molecular complexity index is 1160. The molecule has 1 N–H and O–H groups in total. The Morgan fingerprint density at radius 1 is 0.963 bits per heavy atom. The lowest BCUT2D eigenvalue weighted by Crippen LogP contribution is -1.98. The molecule has 0 saturated carbocycles. The number of aromatic amines is 1. The highest BCUT2D eigenvalue weighted by Gasteiger charge is 2.12. The van der Waals surface area contributed by atoms with Crippen LogP contribution in [0, 0.1) is 12.7 Å². The Morgan fingerprint density at radius 2 is 1.70 bits per heavy atom. The van der Waals surface area contributed by atoms with Gasteiger partial charge in [0.05, 0.1) is 5.69 Å². The van der Waals surface area contributed by atoms with E-state index >= 15 is 0 Å². The standard InChI is InChI=1S/C24H18FNO/c1-16-15-18(25)11-12-19(16)23(27)14-13-21-20-9-5-6-10-22(20)26-24(21)17-7-3-2-4-8-17/h2-15,26H,1H3/b14-13+. The van der Waals surface area contributed by atoms with E-state index in [1.807, 2.05) is 60.7 Å². The van der Waals surface area contributed by atoms with Gasteiger partial charge < -0.3 is 4.98 Å². The Morgan fingerprint density at radius 3 is 2.48 bits per heavy atom. The van der Waals surface area contributed by atoms with Crippen molar-refractivity contribution in [2.45, 2.75) is 6.92 Å². The van der Waals surface area contributed by atoms with Gasteiger partial charge in [-0.25, -0.2) is 4.39 Å². The zero-order valence-corrected chi connectivity index (χ0v) is 14.9. The number of aromatic nitrogens is 1. The number of para-hydroxylation sites is 1. The van der Waals surface area contributed by atoms with E-state index in [0.717, 1.165) is 27.7 Å². The van der Waals surface area contributed by atoms with Crippen LogP contribution in [-0.4, -0.2) is 10.8 Å². The van der Waals surface area contributed by atoms with E-state index in [9.17, 15) is 9.18 Å². The largest absolute Gasteiger partial charge is 0.354 e. The normalized spacial score (nSPS) is 11.3. The molecule has 0 aliphatic carbocycles. The first kappa shape index (κ1) is 17.0. The second kappa shape index (κ2) is 7.04. The third kappa shape index (κ3) is 3.32. The summed E-state index contributed by atoms with van der Waals surface area (Å²) in [5.41, 5.74) is 5.14. The summed E-state index contributed by atoms with van der Waals surface area (Å²) < 4.78 is 13.3. The lowest BCUT2D eigenvalue weighted by atomic mass is 10.0. The molecule has 0 bridgehead atoms. The number of halogens is 1. The quantitative estimate of drug-likeness (QED) is 0.344. The summed E-state index contributed by atoms with van der Waals surface area (Å²) in [6, 6.07) is 22.3. The van der Waals surface area contributed by atoms with Crippen LogP contribution < -0.4 is 0 Å². The van der Waals surface area contributed by atoms with E-state index in [0.29, 0.717) is 11.1 Å². The lowest BCUT2D eigenvalue weighted by molar-refractivity contribution is 0.104. The first-order valence-corrected chi connectivity index (χ1v) is 8.78. The SMILES string of the molecule is Cc1cc(F)ccc1C(=O)/C=C/c1c(-c2ccccc2)[nH]c2ccccc12. The van der Waals surface area contributed by atoms with Gasteiger partial charge in [0.1, 0.15) is 5.82 Å². The molecule has 0 amide bonds. The molecular weight excluding hydrogens is 337 g/mol. The number of carbonyl (C=O) groups is 1. The van der Waals surface area contributed by atoms with Crippen LogP contribution in [0.5, 0.6) is 0 Å². The van der Waals surface area contributed by atoms with E-state index in [-0.39, 0.29) is 11.6 Å². The summed E-state index contributed by atoms with van der Waals surface area (Å²) in [4.78, 5) is 16.1. The summed E-state index contributed by atoms with van der Waals surface area (Å²) in [7, 11) is 0. The smallest absolute Gasteiger partial charge is 0.186 e. The fourth-order valence-corrected chi connectivity index (χ4v) is 3.32. The predicted octanol–water partition coefficient (Wildman–Crippen LogP) is 6.18. The number of H-pyrrole nitrogens is 1. The van der Waals surface area contributed by atoms with Gasteiger partial charge in [0.15, 0.2) is 5.78 Å². The first-order chi connectivity index (χ1) is 13.1. The van der Waals surface area contributed by atoms with Crippen LogP contribution in [0.15, 0.2) is 78.9 Å². The number of carbonyl (C=O) groups excluding carboxylic acids is 1. The number of rotatable bonds is 4. The molecule has 0 spiro atoms. The van der Waals surface area contributed by atoms with Crippen molar-refractivity contribution in [1.29, 1.82) is 0 Å².